The van der Waals surface area contributed by atoms with Crippen LogP contribution in [0.15, 0.2) is 22.7 Å². The molecule has 2 N–H and O–H groups in total. The summed E-state index contributed by atoms with van der Waals surface area (Å²) in [5.41, 5.74) is 7.24. The molecule has 0 fully saturated rings. The van der Waals surface area contributed by atoms with Crippen molar-refractivity contribution in [2.24, 2.45) is 0 Å². The number of rotatable bonds is 5. The smallest absolute Gasteiger partial charge is 0.269 e. The first-order valence-electron chi connectivity index (χ1n) is 6.74. The van der Waals surface area contributed by atoms with Gasteiger partial charge in [0.05, 0.1) is 14.2 Å². The number of carbonyl (C=O) groups is 1. The van der Waals surface area contributed by atoms with Gasteiger partial charge < -0.3 is 9.47 Å². The standard InChI is InChI=1S/C15H17BrN4O3/c1-8-5-9(2)18-15(17-8)20-19-14(21)10-6-11(22-3)13(16)12(7-10)23-4/h5-7H,1-4H3,(H,19,21)(H,17,18,20). The zero-order valence-corrected chi connectivity index (χ0v) is 14.8. The van der Waals surface area contributed by atoms with E-state index < -0.39 is 0 Å². The molecule has 0 spiro atoms. The van der Waals surface area contributed by atoms with Gasteiger partial charge in [-0.25, -0.2) is 9.97 Å². The molecule has 2 aromatic rings. The van der Waals surface area contributed by atoms with Crippen LogP contribution in [-0.2, 0) is 0 Å². The number of anilines is 1. The van der Waals surface area contributed by atoms with Crippen LogP contribution in [0.5, 0.6) is 11.5 Å². The van der Waals surface area contributed by atoms with E-state index in [-0.39, 0.29) is 5.91 Å². The molecule has 1 heterocycles. The van der Waals surface area contributed by atoms with Crippen LogP contribution in [0, 0.1) is 13.8 Å². The van der Waals surface area contributed by atoms with E-state index in [4.69, 9.17) is 9.47 Å². The Morgan fingerprint density at radius 3 is 2.04 bits per heavy atom. The lowest BCUT2D eigenvalue weighted by Gasteiger charge is -2.12. The number of benzene rings is 1. The van der Waals surface area contributed by atoms with Gasteiger partial charge in [0.1, 0.15) is 16.0 Å². The minimum Gasteiger partial charge on any atom is -0.495 e. The summed E-state index contributed by atoms with van der Waals surface area (Å²) in [7, 11) is 3.03. The molecule has 0 radical (unpaired) electrons. The van der Waals surface area contributed by atoms with E-state index in [9.17, 15) is 4.79 Å². The third-order valence-electron chi connectivity index (χ3n) is 2.98. The number of halogens is 1. The van der Waals surface area contributed by atoms with Crippen molar-refractivity contribution in [2.75, 3.05) is 19.6 Å². The highest BCUT2D eigenvalue weighted by Gasteiger charge is 2.14. The fourth-order valence-electron chi connectivity index (χ4n) is 1.97. The molecule has 0 atom stereocenters. The molecule has 7 nitrogen and oxygen atoms in total. The van der Waals surface area contributed by atoms with Crippen LogP contribution in [0.2, 0.25) is 0 Å². The summed E-state index contributed by atoms with van der Waals surface area (Å²) in [6, 6.07) is 5.05. The molecule has 8 heteroatoms. The number of carbonyl (C=O) groups excluding carboxylic acids is 1. The molecule has 2 rings (SSSR count). The molecule has 122 valence electrons. The summed E-state index contributed by atoms with van der Waals surface area (Å²) in [5, 5.41) is 0. The lowest BCUT2D eigenvalue weighted by molar-refractivity contribution is 0.0961. The van der Waals surface area contributed by atoms with Gasteiger partial charge in [0.2, 0.25) is 5.95 Å². The van der Waals surface area contributed by atoms with Crippen LogP contribution in [0.1, 0.15) is 21.7 Å². The molecule has 0 saturated heterocycles. The van der Waals surface area contributed by atoms with Crippen molar-refractivity contribution >= 4 is 27.8 Å². The van der Waals surface area contributed by atoms with Crippen LogP contribution in [0.25, 0.3) is 0 Å². The number of aryl methyl sites for hydroxylation is 2. The minimum absolute atomic E-state index is 0.326. The summed E-state index contributed by atoms with van der Waals surface area (Å²) >= 11 is 3.36. The molecule has 0 bridgehead atoms. The molecule has 1 aromatic carbocycles. The topological polar surface area (TPSA) is 85.4 Å². The lowest BCUT2D eigenvalue weighted by Crippen LogP contribution is -2.30. The van der Waals surface area contributed by atoms with Crippen molar-refractivity contribution in [2.45, 2.75) is 13.8 Å². The van der Waals surface area contributed by atoms with E-state index in [0.29, 0.717) is 27.5 Å². The third kappa shape index (κ3) is 4.10. The number of nitrogens with zero attached hydrogens (tertiary/aromatic N) is 2. The molecule has 0 aliphatic heterocycles. The Morgan fingerprint density at radius 2 is 1.57 bits per heavy atom. The summed E-state index contributed by atoms with van der Waals surface area (Å²) in [6.45, 7) is 3.71. The van der Waals surface area contributed by atoms with Gasteiger partial charge in [0, 0.05) is 17.0 Å². The Bertz CT molecular complexity index is 691. The van der Waals surface area contributed by atoms with Gasteiger partial charge in [-0.15, -0.1) is 0 Å². The highest BCUT2D eigenvalue weighted by molar-refractivity contribution is 9.10. The van der Waals surface area contributed by atoms with Gasteiger partial charge in [-0.2, -0.15) is 0 Å². The number of aromatic nitrogens is 2. The number of methoxy groups -OCH3 is 2. The van der Waals surface area contributed by atoms with Gasteiger partial charge in [-0.3, -0.25) is 15.6 Å². The average Bonchev–Trinajstić information content (AvgIpc) is 2.52. The van der Waals surface area contributed by atoms with E-state index in [2.05, 4.69) is 36.7 Å². The van der Waals surface area contributed by atoms with E-state index >= 15 is 0 Å². The average molecular weight is 381 g/mol. The predicted molar refractivity (Wildman–Crippen MR) is 89.8 cm³/mol. The predicted octanol–water partition coefficient (Wildman–Crippen LogP) is 2.63. The maximum absolute atomic E-state index is 12.3. The monoisotopic (exact) mass is 380 g/mol. The van der Waals surface area contributed by atoms with Crippen LogP contribution in [0.4, 0.5) is 5.95 Å². The molecule has 1 aromatic heterocycles. The van der Waals surface area contributed by atoms with E-state index in [0.717, 1.165) is 11.4 Å². The summed E-state index contributed by atoms with van der Waals surface area (Å²) < 4.78 is 11.1. The quantitative estimate of drug-likeness (QED) is 0.775. The normalized spacial score (nSPS) is 10.1. The van der Waals surface area contributed by atoms with Gasteiger partial charge >= 0.3 is 0 Å². The van der Waals surface area contributed by atoms with E-state index in [1.807, 2.05) is 19.9 Å². The molecule has 0 unspecified atom stereocenters. The Hall–Kier alpha value is -2.35. The van der Waals surface area contributed by atoms with Crippen molar-refractivity contribution in [1.29, 1.82) is 0 Å². The number of ether oxygens (including phenoxy) is 2. The number of hydrazine groups is 1. The van der Waals surface area contributed by atoms with Crippen molar-refractivity contribution < 1.29 is 14.3 Å². The second-order valence-corrected chi connectivity index (χ2v) is 5.54. The minimum atomic E-state index is -0.364. The number of nitrogens with one attached hydrogen (secondary N) is 2. The van der Waals surface area contributed by atoms with Crippen molar-refractivity contribution in [3.63, 3.8) is 0 Å². The fraction of sp³-hybridized carbons (Fsp3) is 0.267. The first kappa shape index (κ1) is 17.0. The third-order valence-corrected chi connectivity index (χ3v) is 3.76. The molecule has 23 heavy (non-hydrogen) atoms. The van der Waals surface area contributed by atoms with E-state index in [1.54, 1.807) is 12.1 Å². The maximum atomic E-state index is 12.3. The zero-order chi connectivity index (χ0) is 17.0. The van der Waals surface area contributed by atoms with Crippen molar-refractivity contribution in [3.8, 4) is 11.5 Å². The van der Waals surface area contributed by atoms with Gasteiger partial charge in [-0.1, -0.05) is 0 Å². The first-order valence-corrected chi connectivity index (χ1v) is 7.54. The van der Waals surface area contributed by atoms with Gasteiger partial charge in [0.25, 0.3) is 5.91 Å². The van der Waals surface area contributed by atoms with Crippen LogP contribution in [-0.4, -0.2) is 30.1 Å². The van der Waals surface area contributed by atoms with Gasteiger partial charge in [0.15, 0.2) is 0 Å². The summed E-state index contributed by atoms with van der Waals surface area (Å²) in [5.74, 6) is 0.957. The van der Waals surface area contributed by atoms with Crippen molar-refractivity contribution in [1.82, 2.24) is 15.4 Å². The Kier molecular flexibility index (Phi) is 5.38. The molecule has 0 saturated carbocycles. The first-order chi connectivity index (χ1) is 10.9. The fourth-order valence-corrected chi connectivity index (χ4v) is 2.52. The second-order valence-electron chi connectivity index (χ2n) is 4.75. The Labute approximate surface area is 142 Å². The summed E-state index contributed by atoms with van der Waals surface area (Å²) in [6.07, 6.45) is 0. The zero-order valence-electron chi connectivity index (χ0n) is 13.2. The van der Waals surface area contributed by atoms with Gasteiger partial charge in [-0.05, 0) is 48.0 Å². The largest absolute Gasteiger partial charge is 0.495 e. The number of hydrogen-bond donors (Lipinski definition) is 2. The maximum Gasteiger partial charge on any atom is 0.269 e. The SMILES string of the molecule is COc1cc(C(=O)NNc2nc(C)cc(C)n2)cc(OC)c1Br. The number of amides is 1. The molecule has 1 amide bonds. The Balaban J connectivity index is 2.17. The van der Waals surface area contributed by atoms with Crippen LogP contribution < -0.4 is 20.3 Å². The lowest BCUT2D eigenvalue weighted by atomic mass is 10.2. The molecular weight excluding hydrogens is 364 g/mol. The highest BCUT2D eigenvalue weighted by atomic mass is 79.9. The van der Waals surface area contributed by atoms with Crippen LogP contribution in [0.3, 0.4) is 0 Å². The molecule has 0 aliphatic carbocycles. The molecular formula is C15H17BrN4O3. The number of hydrogen-bond acceptors (Lipinski definition) is 6. The summed E-state index contributed by atoms with van der Waals surface area (Å²) in [4.78, 5) is 20.7. The molecule has 0 aliphatic rings. The van der Waals surface area contributed by atoms with Crippen LogP contribution >= 0.6 is 15.9 Å². The van der Waals surface area contributed by atoms with Crippen molar-refractivity contribution in [3.05, 3.63) is 39.6 Å². The second kappa shape index (κ2) is 7.28. The Morgan fingerprint density at radius 1 is 1.04 bits per heavy atom. The highest BCUT2D eigenvalue weighted by Crippen LogP contribution is 2.35. The van der Waals surface area contributed by atoms with E-state index in [1.165, 1.54) is 14.2 Å².